The molecule has 142 valence electrons. The molecule has 0 saturated heterocycles. The molecule has 0 spiro atoms. The van der Waals surface area contributed by atoms with Gasteiger partial charge in [-0.25, -0.2) is 4.79 Å². The van der Waals surface area contributed by atoms with E-state index in [0.717, 1.165) is 11.3 Å². The zero-order valence-electron chi connectivity index (χ0n) is 16.3. The molecule has 0 heterocycles. The first-order valence-corrected chi connectivity index (χ1v) is 8.76. The third-order valence-electron chi connectivity index (χ3n) is 3.54. The second kappa shape index (κ2) is 10.3. The molecule has 0 atom stereocenters. The highest BCUT2D eigenvalue weighted by atomic mass is 16.7. The molecule has 0 aliphatic carbocycles. The molecule has 0 fully saturated rings. The molecular formula is C19H32N2O4. The standard InChI is InChI=1S/C19H32N2O4/c1-7-23-17(24-8-2)12-20-18(22)21-13-25-16-10-9-14(3)11-15(16)19(4,5)6/h9-11,17H,7-8,12-13H2,1-6H3,(H2,20,21,22). The van der Waals surface area contributed by atoms with Gasteiger partial charge >= 0.3 is 6.03 Å². The number of ether oxygens (including phenoxy) is 3. The van der Waals surface area contributed by atoms with Gasteiger partial charge in [0.25, 0.3) is 0 Å². The Morgan fingerprint density at radius 2 is 1.76 bits per heavy atom. The molecule has 2 N–H and O–H groups in total. The SMILES string of the molecule is CCOC(CNC(=O)NCOc1ccc(C)cc1C(C)(C)C)OCC. The van der Waals surface area contributed by atoms with E-state index in [-0.39, 0.29) is 24.7 Å². The zero-order valence-corrected chi connectivity index (χ0v) is 16.3. The second-order valence-electron chi connectivity index (χ2n) is 6.77. The van der Waals surface area contributed by atoms with Crippen molar-refractivity contribution in [2.75, 3.05) is 26.5 Å². The van der Waals surface area contributed by atoms with Crippen LogP contribution in [-0.2, 0) is 14.9 Å². The van der Waals surface area contributed by atoms with Gasteiger partial charge in [-0.1, -0.05) is 38.5 Å². The van der Waals surface area contributed by atoms with Gasteiger partial charge in [0.05, 0.1) is 6.54 Å². The number of hydrogen-bond acceptors (Lipinski definition) is 4. The van der Waals surface area contributed by atoms with Crippen LogP contribution in [0.5, 0.6) is 5.75 Å². The number of nitrogens with one attached hydrogen (secondary N) is 2. The largest absolute Gasteiger partial charge is 0.473 e. The number of urea groups is 1. The summed E-state index contributed by atoms with van der Waals surface area (Å²) in [6.07, 6.45) is -0.439. The number of carbonyl (C=O) groups excluding carboxylic acids is 1. The minimum Gasteiger partial charge on any atom is -0.473 e. The minimum absolute atomic E-state index is 0.0359. The summed E-state index contributed by atoms with van der Waals surface area (Å²) in [6, 6.07) is 5.73. The number of benzene rings is 1. The number of aryl methyl sites for hydroxylation is 1. The highest BCUT2D eigenvalue weighted by Crippen LogP contribution is 2.31. The van der Waals surface area contributed by atoms with Gasteiger partial charge in [-0.3, -0.25) is 0 Å². The van der Waals surface area contributed by atoms with Crippen LogP contribution in [-0.4, -0.2) is 38.8 Å². The Hall–Kier alpha value is -1.79. The Bertz CT molecular complexity index is 535. The summed E-state index contributed by atoms with van der Waals surface area (Å²) < 4.78 is 16.5. The number of carbonyl (C=O) groups is 1. The van der Waals surface area contributed by atoms with Crippen LogP contribution in [0.25, 0.3) is 0 Å². The lowest BCUT2D eigenvalue weighted by Crippen LogP contribution is -2.42. The topological polar surface area (TPSA) is 68.8 Å². The van der Waals surface area contributed by atoms with Crippen LogP contribution in [0.2, 0.25) is 0 Å². The van der Waals surface area contributed by atoms with Crippen LogP contribution in [0.3, 0.4) is 0 Å². The first kappa shape index (κ1) is 21.3. The van der Waals surface area contributed by atoms with E-state index in [2.05, 4.69) is 44.4 Å². The maximum Gasteiger partial charge on any atom is 0.317 e. The molecule has 0 radical (unpaired) electrons. The molecule has 2 amide bonds. The molecule has 0 aliphatic rings. The Morgan fingerprint density at radius 3 is 2.32 bits per heavy atom. The van der Waals surface area contributed by atoms with Crippen LogP contribution in [0.4, 0.5) is 4.79 Å². The fraction of sp³-hybridized carbons (Fsp3) is 0.632. The van der Waals surface area contributed by atoms with Gasteiger partial charge in [-0.15, -0.1) is 0 Å². The van der Waals surface area contributed by atoms with Crippen molar-refractivity contribution in [2.24, 2.45) is 0 Å². The van der Waals surface area contributed by atoms with E-state index in [1.807, 2.05) is 26.0 Å². The predicted octanol–water partition coefficient (Wildman–Crippen LogP) is 3.33. The maximum atomic E-state index is 11.9. The molecule has 0 aromatic heterocycles. The van der Waals surface area contributed by atoms with Gasteiger partial charge in [-0.2, -0.15) is 0 Å². The molecular weight excluding hydrogens is 320 g/mol. The molecule has 0 bridgehead atoms. The van der Waals surface area contributed by atoms with Crippen molar-refractivity contribution in [1.29, 1.82) is 0 Å². The van der Waals surface area contributed by atoms with Crippen LogP contribution in [0.1, 0.15) is 45.7 Å². The fourth-order valence-electron chi connectivity index (χ4n) is 2.31. The van der Waals surface area contributed by atoms with Crippen molar-refractivity contribution < 1.29 is 19.0 Å². The van der Waals surface area contributed by atoms with E-state index in [0.29, 0.717) is 13.2 Å². The third kappa shape index (κ3) is 7.75. The highest BCUT2D eigenvalue weighted by Gasteiger charge is 2.19. The second-order valence-corrected chi connectivity index (χ2v) is 6.77. The molecule has 0 unspecified atom stereocenters. The van der Waals surface area contributed by atoms with E-state index in [1.165, 1.54) is 5.56 Å². The van der Waals surface area contributed by atoms with E-state index < -0.39 is 6.29 Å². The summed E-state index contributed by atoms with van der Waals surface area (Å²) >= 11 is 0. The molecule has 25 heavy (non-hydrogen) atoms. The Balaban J connectivity index is 2.48. The summed E-state index contributed by atoms with van der Waals surface area (Å²) in [5.41, 5.74) is 2.26. The predicted molar refractivity (Wildman–Crippen MR) is 98.9 cm³/mol. The summed E-state index contributed by atoms with van der Waals surface area (Å²) in [5, 5.41) is 5.39. The first-order chi connectivity index (χ1) is 11.8. The summed E-state index contributed by atoms with van der Waals surface area (Å²) in [4.78, 5) is 11.9. The van der Waals surface area contributed by atoms with Crippen molar-refractivity contribution in [3.63, 3.8) is 0 Å². The Labute approximate surface area is 151 Å². The van der Waals surface area contributed by atoms with Crippen LogP contribution < -0.4 is 15.4 Å². The van der Waals surface area contributed by atoms with Crippen molar-refractivity contribution >= 4 is 6.03 Å². The molecule has 6 heteroatoms. The van der Waals surface area contributed by atoms with E-state index >= 15 is 0 Å². The smallest absolute Gasteiger partial charge is 0.317 e. The lowest BCUT2D eigenvalue weighted by Gasteiger charge is -2.23. The minimum atomic E-state index is -0.439. The number of amides is 2. The van der Waals surface area contributed by atoms with Crippen molar-refractivity contribution in [3.8, 4) is 5.75 Å². The lowest BCUT2D eigenvalue weighted by molar-refractivity contribution is -0.131. The van der Waals surface area contributed by atoms with Gasteiger partial charge in [0, 0.05) is 13.2 Å². The molecule has 6 nitrogen and oxygen atoms in total. The molecule has 1 aromatic rings. The average Bonchev–Trinajstić information content (AvgIpc) is 2.53. The van der Waals surface area contributed by atoms with Gasteiger partial charge in [0.15, 0.2) is 13.0 Å². The van der Waals surface area contributed by atoms with Crippen molar-refractivity contribution in [1.82, 2.24) is 10.6 Å². The summed E-state index contributed by atoms with van der Waals surface area (Å²) in [5.74, 6) is 0.778. The monoisotopic (exact) mass is 352 g/mol. The lowest BCUT2D eigenvalue weighted by atomic mass is 9.85. The molecule has 1 rings (SSSR count). The van der Waals surface area contributed by atoms with Gasteiger partial charge < -0.3 is 24.8 Å². The number of rotatable bonds is 9. The van der Waals surface area contributed by atoms with E-state index in [4.69, 9.17) is 14.2 Å². The van der Waals surface area contributed by atoms with Crippen LogP contribution in [0.15, 0.2) is 18.2 Å². The van der Waals surface area contributed by atoms with Gasteiger partial charge in [0.1, 0.15) is 5.75 Å². The van der Waals surface area contributed by atoms with E-state index in [1.54, 1.807) is 0 Å². The normalized spacial score (nSPS) is 11.5. The first-order valence-electron chi connectivity index (χ1n) is 8.76. The quantitative estimate of drug-likeness (QED) is 0.669. The van der Waals surface area contributed by atoms with Gasteiger partial charge in [-0.05, 0) is 37.8 Å². The maximum absolute atomic E-state index is 11.9. The average molecular weight is 352 g/mol. The Kier molecular flexibility index (Phi) is 8.72. The summed E-state index contributed by atoms with van der Waals surface area (Å²) in [6.45, 7) is 13.7. The molecule has 1 aromatic carbocycles. The highest BCUT2D eigenvalue weighted by molar-refractivity contribution is 5.73. The summed E-state index contributed by atoms with van der Waals surface area (Å²) in [7, 11) is 0. The molecule has 0 saturated carbocycles. The zero-order chi connectivity index (χ0) is 18.9. The van der Waals surface area contributed by atoms with Crippen LogP contribution in [0, 0.1) is 6.92 Å². The van der Waals surface area contributed by atoms with Crippen LogP contribution >= 0.6 is 0 Å². The Morgan fingerprint density at radius 1 is 1.12 bits per heavy atom. The fourth-order valence-corrected chi connectivity index (χ4v) is 2.31. The van der Waals surface area contributed by atoms with Crippen molar-refractivity contribution in [3.05, 3.63) is 29.3 Å². The molecule has 0 aliphatic heterocycles. The number of hydrogen-bond donors (Lipinski definition) is 2. The third-order valence-corrected chi connectivity index (χ3v) is 3.54. The van der Waals surface area contributed by atoms with E-state index in [9.17, 15) is 4.79 Å². The van der Waals surface area contributed by atoms with Crippen molar-refractivity contribution in [2.45, 2.75) is 53.2 Å². The van der Waals surface area contributed by atoms with Gasteiger partial charge in [0.2, 0.25) is 0 Å².